The summed E-state index contributed by atoms with van der Waals surface area (Å²) in [6.07, 6.45) is 7.33. The van der Waals surface area contributed by atoms with Gasteiger partial charge in [-0.3, -0.25) is 4.90 Å². The number of allylic oxidation sites excluding steroid dienone is 3. The molecule has 112 valence electrons. The predicted molar refractivity (Wildman–Crippen MR) is 86.7 cm³/mol. The van der Waals surface area contributed by atoms with Crippen molar-refractivity contribution < 1.29 is 0 Å². The summed E-state index contributed by atoms with van der Waals surface area (Å²) in [5.41, 5.74) is 1.13. The zero-order valence-electron chi connectivity index (χ0n) is 13.8. The van der Waals surface area contributed by atoms with E-state index in [1.54, 1.807) is 0 Å². The van der Waals surface area contributed by atoms with Gasteiger partial charge in [0.1, 0.15) is 6.17 Å². The van der Waals surface area contributed by atoms with Crippen molar-refractivity contribution in [2.24, 2.45) is 9.98 Å². The highest BCUT2D eigenvalue weighted by atomic mass is 15.5. The van der Waals surface area contributed by atoms with Crippen molar-refractivity contribution in [3.63, 3.8) is 0 Å². The van der Waals surface area contributed by atoms with E-state index in [2.05, 4.69) is 40.0 Å². The highest BCUT2D eigenvalue weighted by molar-refractivity contribution is 6.00. The van der Waals surface area contributed by atoms with Crippen LogP contribution in [0.25, 0.3) is 0 Å². The lowest BCUT2D eigenvalue weighted by molar-refractivity contribution is 0.454. The molecule has 0 fully saturated rings. The van der Waals surface area contributed by atoms with Crippen molar-refractivity contribution in [1.29, 1.82) is 0 Å². The van der Waals surface area contributed by atoms with E-state index in [1.807, 2.05) is 51.8 Å². The molecule has 0 saturated heterocycles. The number of nitrogens with zero attached hydrogens (tertiary/aromatic N) is 5. The zero-order chi connectivity index (χ0) is 15.3. The van der Waals surface area contributed by atoms with E-state index in [0.29, 0.717) is 0 Å². The lowest BCUT2D eigenvalue weighted by atomic mass is 10.3. The van der Waals surface area contributed by atoms with E-state index in [1.165, 1.54) is 0 Å². The maximum absolute atomic E-state index is 4.65. The molecule has 0 saturated carbocycles. The lowest BCUT2D eigenvalue weighted by Crippen LogP contribution is -2.50. The number of hydrogen-bond donors (Lipinski definition) is 0. The molecule has 0 aromatic heterocycles. The molecule has 1 rings (SSSR count). The standard InChI is InChI=1S/C15H27N5/c1-8-10-11-13(9-2)19(6)15-17-12(3)16-14(18(4)5)20(15)7/h9-12H,8H2,1-7H3/b11-10-,13-9+. The molecule has 0 amide bonds. The van der Waals surface area contributed by atoms with Crippen LogP contribution in [0.5, 0.6) is 0 Å². The molecule has 0 aromatic rings. The summed E-state index contributed by atoms with van der Waals surface area (Å²) in [5, 5.41) is 0. The van der Waals surface area contributed by atoms with E-state index >= 15 is 0 Å². The first-order valence-electron chi connectivity index (χ1n) is 7.05. The van der Waals surface area contributed by atoms with Crippen molar-refractivity contribution in [3.8, 4) is 0 Å². The number of rotatable bonds is 3. The summed E-state index contributed by atoms with van der Waals surface area (Å²) < 4.78 is 0. The largest absolute Gasteiger partial charge is 0.349 e. The smallest absolute Gasteiger partial charge is 0.209 e. The van der Waals surface area contributed by atoms with Crippen LogP contribution in [0.3, 0.4) is 0 Å². The molecule has 1 aliphatic heterocycles. The van der Waals surface area contributed by atoms with Gasteiger partial charge >= 0.3 is 0 Å². The average molecular weight is 277 g/mol. The van der Waals surface area contributed by atoms with Gasteiger partial charge in [-0.1, -0.05) is 19.1 Å². The van der Waals surface area contributed by atoms with E-state index in [9.17, 15) is 0 Å². The van der Waals surface area contributed by atoms with E-state index in [4.69, 9.17) is 0 Å². The van der Waals surface area contributed by atoms with E-state index < -0.39 is 0 Å². The summed E-state index contributed by atoms with van der Waals surface area (Å²) in [7, 11) is 8.03. The van der Waals surface area contributed by atoms with Crippen molar-refractivity contribution in [2.75, 3.05) is 28.2 Å². The molecule has 0 aromatic carbocycles. The van der Waals surface area contributed by atoms with Crippen LogP contribution in [-0.2, 0) is 0 Å². The number of likely N-dealkylation sites (N-methyl/N-ethyl adjacent to an activating group) is 1. The van der Waals surface area contributed by atoms with E-state index in [0.717, 1.165) is 24.0 Å². The summed E-state index contributed by atoms with van der Waals surface area (Å²) in [4.78, 5) is 15.3. The van der Waals surface area contributed by atoms with Crippen molar-refractivity contribution in [2.45, 2.75) is 33.4 Å². The molecule has 5 nitrogen and oxygen atoms in total. The summed E-state index contributed by atoms with van der Waals surface area (Å²) in [6, 6.07) is 0. The number of guanidine groups is 2. The van der Waals surface area contributed by atoms with Crippen LogP contribution in [0.4, 0.5) is 0 Å². The Morgan fingerprint density at radius 3 is 2.35 bits per heavy atom. The summed E-state index contributed by atoms with van der Waals surface area (Å²) in [5.74, 6) is 1.83. The minimum atomic E-state index is -0.0608. The second kappa shape index (κ2) is 7.12. The van der Waals surface area contributed by atoms with Gasteiger partial charge in [0.2, 0.25) is 11.9 Å². The monoisotopic (exact) mass is 277 g/mol. The molecular formula is C15H27N5. The second-order valence-corrected chi connectivity index (χ2v) is 5.03. The SMILES string of the molecule is C/C=C(\C=C/CC)N(C)C1=NC(C)N=C(N(C)C)N1C. The quantitative estimate of drug-likeness (QED) is 0.743. The predicted octanol–water partition coefficient (Wildman–Crippen LogP) is 2.35. The molecule has 0 aliphatic carbocycles. The van der Waals surface area contributed by atoms with Crippen LogP contribution in [-0.4, -0.2) is 61.0 Å². The Morgan fingerprint density at radius 2 is 1.85 bits per heavy atom. The fourth-order valence-electron chi connectivity index (χ4n) is 2.11. The molecule has 1 unspecified atom stereocenters. The third-order valence-corrected chi connectivity index (χ3v) is 3.11. The summed E-state index contributed by atoms with van der Waals surface area (Å²) >= 11 is 0. The second-order valence-electron chi connectivity index (χ2n) is 5.03. The van der Waals surface area contributed by atoms with Gasteiger partial charge in [0.15, 0.2) is 0 Å². The van der Waals surface area contributed by atoms with Crippen molar-refractivity contribution in [3.05, 3.63) is 23.9 Å². The van der Waals surface area contributed by atoms with Gasteiger partial charge in [0.05, 0.1) is 0 Å². The van der Waals surface area contributed by atoms with Crippen LogP contribution in [0.15, 0.2) is 33.9 Å². The maximum Gasteiger partial charge on any atom is 0.209 e. The minimum absolute atomic E-state index is 0.0608. The Morgan fingerprint density at radius 1 is 1.25 bits per heavy atom. The summed E-state index contributed by atoms with van der Waals surface area (Å²) in [6.45, 7) is 6.17. The van der Waals surface area contributed by atoms with Gasteiger partial charge in [-0.05, 0) is 26.3 Å². The van der Waals surface area contributed by atoms with Crippen molar-refractivity contribution >= 4 is 11.9 Å². The molecule has 1 heterocycles. The number of hydrogen-bond acceptors (Lipinski definition) is 5. The van der Waals surface area contributed by atoms with Crippen LogP contribution in [0.2, 0.25) is 0 Å². The van der Waals surface area contributed by atoms with Crippen LogP contribution in [0.1, 0.15) is 27.2 Å². The fourth-order valence-corrected chi connectivity index (χ4v) is 2.11. The van der Waals surface area contributed by atoms with Crippen LogP contribution >= 0.6 is 0 Å². The molecule has 0 N–H and O–H groups in total. The Balaban J connectivity index is 3.03. The Kier molecular flexibility index (Phi) is 5.80. The van der Waals surface area contributed by atoms with Gasteiger partial charge < -0.3 is 9.80 Å². The van der Waals surface area contributed by atoms with Crippen LogP contribution in [0, 0.1) is 0 Å². The lowest BCUT2D eigenvalue weighted by Gasteiger charge is -2.36. The third-order valence-electron chi connectivity index (χ3n) is 3.11. The van der Waals surface area contributed by atoms with Crippen molar-refractivity contribution in [1.82, 2.24) is 14.7 Å². The highest BCUT2D eigenvalue weighted by Gasteiger charge is 2.24. The molecule has 0 radical (unpaired) electrons. The molecule has 1 atom stereocenters. The maximum atomic E-state index is 4.65. The average Bonchev–Trinajstić information content (AvgIpc) is 2.41. The molecule has 20 heavy (non-hydrogen) atoms. The van der Waals surface area contributed by atoms with Gasteiger partial charge in [-0.2, -0.15) is 0 Å². The van der Waals surface area contributed by atoms with Gasteiger partial charge in [-0.15, -0.1) is 0 Å². The Bertz CT molecular complexity index is 445. The normalized spacial score (nSPS) is 20.1. The molecule has 1 aliphatic rings. The fraction of sp³-hybridized carbons (Fsp3) is 0.600. The van der Waals surface area contributed by atoms with Gasteiger partial charge in [-0.25, -0.2) is 9.98 Å². The van der Waals surface area contributed by atoms with Crippen LogP contribution < -0.4 is 0 Å². The molecular weight excluding hydrogens is 250 g/mol. The zero-order valence-corrected chi connectivity index (χ0v) is 13.8. The highest BCUT2D eigenvalue weighted by Crippen LogP contribution is 2.14. The molecule has 5 heteroatoms. The first-order chi connectivity index (χ1) is 9.42. The first kappa shape index (κ1) is 16.3. The minimum Gasteiger partial charge on any atom is -0.349 e. The Hall–Kier alpha value is -1.78. The Labute approximate surface area is 123 Å². The first-order valence-corrected chi connectivity index (χ1v) is 7.05. The third kappa shape index (κ3) is 3.62. The van der Waals surface area contributed by atoms with E-state index in [-0.39, 0.29) is 6.17 Å². The molecule has 0 bridgehead atoms. The topological polar surface area (TPSA) is 34.4 Å². The van der Waals surface area contributed by atoms with Gasteiger partial charge in [0.25, 0.3) is 0 Å². The molecule has 0 spiro atoms. The van der Waals surface area contributed by atoms with Gasteiger partial charge in [0, 0.05) is 33.9 Å². The number of aliphatic imine (C=N–C) groups is 2.